The van der Waals surface area contributed by atoms with Crippen molar-refractivity contribution in [3.8, 4) is 0 Å². The summed E-state index contributed by atoms with van der Waals surface area (Å²) < 4.78 is 0. The van der Waals surface area contributed by atoms with Crippen LogP contribution >= 0.6 is 0 Å². The van der Waals surface area contributed by atoms with E-state index < -0.39 is 0 Å². The van der Waals surface area contributed by atoms with Crippen molar-refractivity contribution >= 4 is 0 Å². The quantitative estimate of drug-likeness (QED) is 0.814. The first-order valence-electron chi connectivity index (χ1n) is 8.67. The van der Waals surface area contributed by atoms with E-state index in [1.165, 1.54) is 64.3 Å². The second-order valence-electron chi connectivity index (χ2n) is 6.97. The molecule has 0 aromatic carbocycles. The Morgan fingerprint density at radius 2 is 1.84 bits per heavy atom. The zero-order valence-electron chi connectivity index (χ0n) is 13.3. The van der Waals surface area contributed by atoms with Gasteiger partial charge in [0.2, 0.25) is 0 Å². The first-order chi connectivity index (χ1) is 9.22. The van der Waals surface area contributed by atoms with Gasteiger partial charge in [-0.15, -0.1) is 0 Å². The summed E-state index contributed by atoms with van der Waals surface area (Å²) >= 11 is 0. The molecule has 0 spiro atoms. The van der Waals surface area contributed by atoms with Crippen molar-refractivity contribution in [2.75, 3.05) is 13.6 Å². The summed E-state index contributed by atoms with van der Waals surface area (Å²) in [5.74, 6) is 0.905. The normalized spacial score (nSPS) is 36.6. The van der Waals surface area contributed by atoms with Crippen LogP contribution in [0.5, 0.6) is 0 Å². The van der Waals surface area contributed by atoms with Crippen molar-refractivity contribution in [2.45, 2.75) is 89.8 Å². The molecule has 19 heavy (non-hydrogen) atoms. The van der Waals surface area contributed by atoms with Crippen molar-refractivity contribution in [2.24, 2.45) is 5.92 Å². The summed E-state index contributed by atoms with van der Waals surface area (Å²) in [7, 11) is 2.40. The maximum atomic E-state index is 3.74. The lowest BCUT2D eigenvalue weighted by Gasteiger charge is -2.43. The summed E-state index contributed by atoms with van der Waals surface area (Å²) in [5, 5.41) is 3.74. The van der Waals surface area contributed by atoms with Gasteiger partial charge in [0.05, 0.1) is 0 Å². The lowest BCUT2D eigenvalue weighted by molar-refractivity contribution is 0.0697. The molecule has 4 atom stereocenters. The topological polar surface area (TPSA) is 15.3 Å². The first kappa shape index (κ1) is 15.3. The van der Waals surface area contributed by atoms with Gasteiger partial charge in [-0.1, -0.05) is 33.1 Å². The maximum Gasteiger partial charge on any atom is 0.0121 e. The van der Waals surface area contributed by atoms with E-state index in [9.17, 15) is 0 Å². The van der Waals surface area contributed by atoms with E-state index in [2.05, 4.69) is 31.1 Å². The summed E-state index contributed by atoms with van der Waals surface area (Å²) in [5.41, 5.74) is 0. The molecule has 4 unspecified atom stereocenters. The Labute approximate surface area is 120 Å². The maximum absolute atomic E-state index is 3.74. The van der Waals surface area contributed by atoms with Gasteiger partial charge in [-0.3, -0.25) is 0 Å². The Kier molecular flexibility index (Phi) is 6.15. The van der Waals surface area contributed by atoms with Gasteiger partial charge >= 0.3 is 0 Å². The second-order valence-corrected chi connectivity index (χ2v) is 6.97. The van der Waals surface area contributed by atoms with Gasteiger partial charge in [-0.25, -0.2) is 0 Å². The lowest BCUT2D eigenvalue weighted by atomic mass is 9.82. The minimum absolute atomic E-state index is 0.778. The highest BCUT2D eigenvalue weighted by molar-refractivity contribution is 4.88. The summed E-state index contributed by atoms with van der Waals surface area (Å²) in [6.45, 7) is 5.93. The van der Waals surface area contributed by atoms with Crippen molar-refractivity contribution in [1.29, 1.82) is 0 Å². The molecule has 2 fully saturated rings. The van der Waals surface area contributed by atoms with Crippen LogP contribution in [0, 0.1) is 5.92 Å². The molecule has 0 saturated heterocycles. The van der Waals surface area contributed by atoms with Crippen molar-refractivity contribution in [1.82, 2.24) is 10.2 Å². The van der Waals surface area contributed by atoms with Gasteiger partial charge in [0.15, 0.2) is 0 Å². The van der Waals surface area contributed by atoms with Crippen LogP contribution in [0.25, 0.3) is 0 Å². The van der Waals surface area contributed by atoms with Crippen LogP contribution in [-0.2, 0) is 0 Å². The number of nitrogens with one attached hydrogen (secondary N) is 1. The standard InChI is InChI=1S/C17H34N2/c1-4-12-18-15-9-7-10-16(13-15)19(3)17-11-6-5-8-14(17)2/h14-18H,4-13H2,1-3H3. The average molecular weight is 266 g/mol. The fourth-order valence-electron chi connectivity index (χ4n) is 4.24. The van der Waals surface area contributed by atoms with E-state index in [4.69, 9.17) is 0 Å². The highest BCUT2D eigenvalue weighted by Crippen LogP contribution is 2.32. The molecule has 0 bridgehead atoms. The second kappa shape index (κ2) is 7.64. The molecule has 2 aliphatic rings. The molecule has 2 aliphatic carbocycles. The number of hydrogen-bond donors (Lipinski definition) is 1. The lowest BCUT2D eigenvalue weighted by Crippen LogP contribution is -2.49. The van der Waals surface area contributed by atoms with Gasteiger partial charge in [0.25, 0.3) is 0 Å². The Bertz CT molecular complexity index is 254. The molecule has 0 heterocycles. The largest absolute Gasteiger partial charge is 0.314 e. The highest BCUT2D eigenvalue weighted by atomic mass is 15.2. The third kappa shape index (κ3) is 4.19. The molecule has 0 aromatic rings. The van der Waals surface area contributed by atoms with Crippen LogP contribution < -0.4 is 5.32 Å². The summed E-state index contributed by atoms with van der Waals surface area (Å²) in [6, 6.07) is 2.46. The fraction of sp³-hybridized carbons (Fsp3) is 1.00. The molecule has 0 aliphatic heterocycles. The Morgan fingerprint density at radius 1 is 1.05 bits per heavy atom. The molecular formula is C17H34N2. The number of hydrogen-bond acceptors (Lipinski definition) is 2. The molecule has 2 nitrogen and oxygen atoms in total. The minimum atomic E-state index is 0.778. The van der Waals surface area contributed by atoms with Crippen LogP contribution in [0.3, 0.4) is 0 Å². The molecular weight excluding hydrogens is 232 g/mol. The average Bonchev–Trinajstić information content (AvgIpc) is 2.45. The van der Waals surface area contributed by atoms with Gasteiger partial charge in [-0.05, 0) is 58.0 Å². The highest BCUT2D eigenvalue weighted by Gasteiger charge is 2.32. The van der Waals surface area contributed by atoms with Crippen LogP contribution in [0.1, 0.15) is 71.6 Å². The van der Waals surface area contributed by atoms with Crippen molar-refractivity contribution in [3.05, 3.63) is 0 Å². The van der Waals surface area contributed by atoms with Crippen molar-refractivity contribution in [3.63, 3.8) is 0 Å². The third-order valence-corrected chi connectivity index (χ3v) is 5.49. The molecule has 2 rings (SSSR count). The molecule has 0 aromatic heterocycles. The predicted octanol–water partition coefficient (Wildman–Crippen LogP) is 3.81. The smallest absolute Gasteiger partial charge is 0.0121 e. The van der Waals surface area contributed by atoms with Crippen LogP contribution in [-0.4, -0.2) is 36.6 Å². The fourth-order valence-corrected chi connectivity index (χ4v) is 4.24. The molecule has 0 radical (unpaired) electrons. The zero-order chi connectivity index (χ0) is 13.7. The Morgan fingerprint density at radius 3 is 2.58 bits per heavy atom. The summed E-state index contributed by atoms with van der Waals surface area (Å²) in [4.78, 5) is 2.75. The van der Waals surface area contributed by atoms with Gasteiger partial charge in [0.1, 0.15) is 0 Å². The molecule has 2 heteroatoms. The van der Waals surface area contributed by atoms with Gasteiger partial charge in [0, 0.05) is 18.1 Å². The Balaban J connectivity index is 1.85. The first-order valence-corrected chi connectivity index (χ1v) is 8.67. The molecule has 2 saturated carbocycles. The van der Waals surface area contributed by atoms with E-state index in [0.29, 0.717) is 0 Å². The molecule has 112 valence electrons. The van der Waals surface area contributed by atoms with Crippen molar-refractivity contribution < 1.29 is 0 Å². The predicted molar refractivity (Wildman–Crippen MR) is 83.5 cm³/mol. The van der Waals surface area contributed by atoms with Gasteiger partial charge < -0.3 is 10.2 Å². The van der Waals surface area contributed by atoms with Crippen LogP contribution in [0.2, 0.25) is 0 Å². The molecule has 0 amide bonds. The van der Waals surface area contributed by atoms with Gasteiger partial charge in [-0.2, -0.15) is 0 Å². The Hall–Kier alpha value is -0.0800. The van der Waals surface area contributed by atoms with E-state index >= 15 is 0 Å². The van der Waals surface area contributed by atoms with Crippen LogP contribution in [0.15, 0.2) is 0 Å². The molecule has 1 N–H and O–H groups in total. The van der Waals surface area contributed by atoms with E-state index in [0.717, 1.165) is 24.0 Å². The van der Waals surface area contributed by atoms with Crippen LogP contribution in [0.4, 0.5) is 0 Å². The van der Waals surface area contributed by atoms with E-state index in [-0.39, 0.29) is 0 Å². The number of rotatable bonds is 5. The SMILES string of the molecule is CCCNC1CCCC(N(C)C2CCCCC2C)C1. The monoisotopic (exact) mass is 266 g/mol. The minimum Gasteiger partial charge on any atom is -0.314 e. The summed E-state index contributed by atoms with van der Waals surface area (Å²) in [6.07, 6.45) is 12.6. The zero-order valence-corrected chi connectivity index (χ0v) is 13.3. The third-order valence-electron chi connectivity index (χ3n) is 5.49. The van der Waals surface area contributed by atoms with E-state index in [1.54, 1.807) is 0 Å². The number of nitrogens with zero attached hydrogens (tertiary/aromatic N) is 1. The van der Waals surface area contributed by atoms with E-state index in [1.807, 2.05) is 0 Å².